The summed E-state index contributed by atoms with van der Waals surface area (Å²) >= 11 is 0. The van der Waals surface area contributed by atoms with Gasteiger partial charge >= 0.3 is 0 Å². The topological polar surface area (TPSA) is 44.1 Å². The molecule has 0 radical (unpaired) electrons. The maximum atomic E-state index is 11.4. The molecule has 0 N–H and O–H groups in total. The maximum absolute atomic E-state index is 11.4. The molecule has 1 aliphatic rings. The fraction of sp³-hybridized carbons (Fsp3) is 0.714. The molecule has 0 aliphatic heterocycles. The van der Waals surface area contributed by atoms with Crippen molar-refractivity contribution in [2.24, 2.45) is 0 Å². The Balaban J connectivity index is 1.83. The summed E-state index contributed by atoms with van der Waals surface area (Å²) in [5, 5.41) is 4.59. The second kappa shape index (κ2) is 6.69. The van der Waals surface area contributed by atoms with Gasteiger partial charge in [0.05, 0.1) is 11.7 Å². The van der Waals surface area contributed by atoms with Crippen LogP contribution in [0.2, 0.25) is 0 Å². The van der Waals surface area contributed by atoms with Crippen LogP contribution in [-0.2, 0) is 16.0 Å². The van der Waals surface area contributed by atoms with Crippen molar-refractivity contribution in [1.29, 1.82) is 0 Å². The zero-order valence-corrected chi connectivity index (χ0v) is 11.1. The van der Waals surface area contributed by atoms with E-state index in [9.17, 15) is 4.79 Å². The third-order valence-corrected chi connectivity index (χ3v) is 3.58. The Bertz CT molecular complexity index is 381. The smallest absolute Gasteiger partial charge is 0.158 e. The Morgan fingerprint density at radius 1 is 1.44 bits per heavy atom. The largest absolute Gasteiger partial charge is 0.377 e. The monoisotopic (exact) mass is 250 g/mol. The van der Waals surface area contributed by atoms with Crippen molar-refractivity contribution >= 4 is 5.78 Å². The average Bonchev–Trinajstić information content (AvgIpc) is 2.87. The van der Waals surface area contributed by atoms with E-state index in [2.05, 4.69) is 16.0 Å². The van der Waals surface area contributed by atoms with Gasteiger partial charge in [-0.3, -0.25) is 9.48 Å². The highest BCUT2D eigenvalue weighted by molar-refractivity contribution is 5.79. The number of Topliss-reactive ketones (excluding diaryl/α,β-unsaturated/α-hetero) is 1. The fourth-order valence-electron chi connectivity index (χ4n) is 2.56. The number of aromatic nitrogens is 2. The summed E-state index contributed by atoms with van der Waals surface area (Å²) in [7, 11) is 1.55. The minimum absolute atomic E-state index is 0.143. The molecule has 0 amide bonds. The molecule has 0 atom stereocenters. The highest BCUT2D eigenvalue weighted by Crippen LogP contribution is 2.27. The van der Waals surface area contributed by atoms with Crippen LogP contribution < -0.4 is 0 Å². The van der Waals surface area contributed by atoms with Gasteiger partial charge in [-0.15, -0.1) is 0 Å². The van der Waals surface area contributed by atoms with E-state index in [1.54, 1.807) is 7.11 Å². The summed E-state index contributed by atoms with van der Waals surface area (Å²) in [6, 6.07) is 2.61. The van der Waals surface area contributed by atoms with Gasteiger partial charge in [-0.25, -0.2) is 0 Å². The molecule has 4 nitrogen and oxygen atoms in total. The van der Waals surface area contributed by atoms with Gasteiger partial charge in [-0.1, -0.05) is 19.3 Å². The Morgan fingerprint density at radius 2 is 2.22 bits per heavy atom. The van der Waals surface area contributed by atoms with E-state index in [1.165, 1.54) is 32.1 Å². The van der Waals surface area contributed by atoms with E-state index in [1.807, 2.05) is 6.07 Å². The van der Waals surface area contributed by atoms with Crippen molar-refractivity contribution in [2.75, 3.05) is 13.7 Å². The molecule has 0 unspecified atom stereocenters. The van der Waals surface area contributed by atoms with Crippen LogP contribution in [0.3, 0.4) is 0 Å². The molecular formula is C14H22N2O2. The number of hydrogen-bond donors (Lipinski definition) is 0. The van der Waals surface area contributed by atoms with Crippen LogP contribution in [0.4, 0.5) is 0 Å². The number of carbonyl (C=O) groups excluding carboxylic acids is 1. The Morgan fingerprint density at radius 3 is 2.94 bits per heavy atom. The summed E-state index contributed by atoms with van der Waals surface area (Å²) < 4.78 is 6.91. The lowest BCUT2D eigenvalue weighted by molar-refractivity contribution is -0.122. The zero-order chi connectivity index (χ0) is 12.8. The van der Waals surface area contributed by atoms with Gasteiger partial charge in [-0.05, 0) is 25.3 Å². The lowest BCUT2D eigenvalue weighted by Gasteiger charge is -2.21. The standard InChI is InChI=1S/C14H22N2O2/c1-18-11-14(17)8-7-12-9-10-16(15-12)13-5-3-2-4-6-13/h9-10,13H,2-8,11H2,1H3. The number of methoxy groups -OCH3 is 1. The summed E-state index contributed by atoms with van der Waals surface area (Å²) in [6.45, 7) is 0.212. The molecular weight excluding hydrogens is 228 g/mol. The van der Waals surface area contributed by atoms with Crippen LogP contribution in [-0.4, -0.2) is 29.3 Å². The van der Waals surface area contributed by atoms with Crippen LogP contribution in [0, 0.1) is 0 Å². The number of nitrogens with zero attached hydrogens (tertiary/aromatic N) is 2. The first-order valence-corrected chi connectivity index (χ1v) is 6.84. The SMILES string of the molecule is COCC(=O)CCc1ccn(C2CCCCC2)n1. The molecule has 1 saturated carbocycles. The van der Waals surface area contributed by atoms with Crippen LogP contribution in [0.5, 0.6) is 0 Å². The van der Waals surface area contributed by atoms with Crippen molar-refractivity contribution in [3.05, 3.63) is 18.0 Å². The molecule has 1 heterocycles. The third-order valence-electron chi connectivity index (χ3n) is 3.58. The van der Waals surface area contributed by atoms with Gasteiger partial charge in [0.15, 0.2) is 5.78 Å². The van der Waals surface area contributed by atoms with E-state index in [4.69, 9.17) is 4.74 Å². The van der Waals surface area contributed by atoms with Crippen molar-refractivity contribution in [1.82, 2.24) is 9.78 Å². The molecule has 1 aromatic heterocycles. The molecule has 1 fully saturated rings. The Hall–Kier alpha value is -1.16. The van der Waals surface area contributed by atoms with Crippen LogP contribution in [0.25, 0.3) is 0 Å². The molecule has 0 saturated heterocycles. The minimum atomic E-state index is 0.143. The zero-order valence-electron chi connectivity index (χ0n) is 11.1. The van der Waals surface area contributed by atoms with Crippen molar-refractivity contribution in [3.63, 3.8) is 0 Å². The first-order chi connectivity index (χ1) is 8.79. The third kappa shape index (κ3) is 3.67. The van der Waals surface area contributed by atoms with Gasteiger partial charge < -0.3 is 4.74 Å². The fourth-order valence-corrected chi connectivity index (χ4v) is 2.56. The summed E-state index contributed by atoms with van der Waals surface area (Å²) in [4.78, 5) is 11.4. The number of ketones is 1. The van der Waals surface area contributed by atoms with Gasteiger partial charge in [0.25, 0.3) is 0 Å². The van der Waals surface area contributed by atoms with E-state index in [-0.39, 0.29) is 12.4 Å². The first kappa shape index (κ1) is 13.3. The van der Waals surface area contributed by atoms with Gasteiger partial charge in [0.2, 0.25) is 0 Å². The Kier molecular flexibility index (Phi) is 4.93. The Labute approximate surface area is 108 Å². The normalized spacial score (nSPS) is 16.9. The maximum Gasteiger partial charge on any atom is 0.158 e. The molecule has 0 spiro atoms. The summed E-state index contributed by atoms with van der Waals surface area (Å²) in [5.41, 5.74) is 1.02. The second-order valence-corrected chi connectivity index (χ2v) is 5.05. The van der Waals surface area contributed by atoms with E-state index in [0.717, 1.165) is 12.1 Å². The molecule has 2 rings (SSSR count). The number of ether oxygens (including phenoxy) is 1. The number of aryl methyl sites for hydroxylation is 1. The summed E-state index contributed by atoms with van der Waals surface area (Å²) in [5.74, 6) is 0.143. The number of rotatable bonds is 6. The average molecular weight is 250 g/mol. The highest BCUT2D eigenvalue weighted by atomic mass is 16.5. The van der Waals surface area contributed by atoms with Crippen LogP contribution >= 0.6 is 0 Å². The molecule has 100 valence electrons. The van der Waals surface area contributed by atoms with Gasteiger partial charge in [0.1, 0.15) is 6.61 Å². The highest BCUT2D eigenvalue weighted by Gasteiger charge is 2.16. The van der Waals surface area contributed by atoms with E-state index >= 15 is 0 Å². The van der Waals surface area contributed by atoms with Crippen molar-refractivity contribution in [2.45, 2.75) is 51.0 Å². The molecule has 1 aliphatic carbocycles. The first-order valence-electron chi connectivity index (χ1n) is 6.84. The predicted molar refractivity (Wildman–Crippen MR) is 69.6 cm³/mol. The molecule has 1 aromatic rings. The summed E-state index contributed by atoms with van der Waals surface area (Å²) in [6.07, 6.45) is 9.77. The van der Waals surface area contributed by atoms with Gasteiger partial charge in [0, 0.05) is 19.7 Å². The van der Waals surface area contributed by atoms with Gasteiger partial charge in [-0.2, -0.15) is 5.10 Å². The molecule has 0 aromatic carbocycles. The lowest BCUT2D eigenvalue weighted by Crippen LogP contribution is -2.13. The van der Waals surface area contributed by atoms with Crippen molar-refractivity contribution < 1.29 is 9.53 Å². The van der Waals surface area contributed by atoms with Crippen molar-refractivity contribution in [3.8, 4) is 0 Å². The second-order valence-electron chi connectivity index (χ2n) is 5.05. The van der Waals surface area contributed by atoms with E-state index in [0.29, 0.717) is 12.5 Å². The lowest BCUT2D eigenvalue weighted by atomic mass is 9.96. The molecule has 18 heavy (non-hydrogen) atoms. The van der Waals surface area contributed by atoms with Crippen LogP contribution in [0.15, 0.2) is 12.3 Å². The predicted octanol–water partition coefficient (Wildman–Crippen LogP) is 2.54. The van der Waals surface area contributed by atoms with Crippen LogP contribution in [0.1, 0.15) is 50.3 Å². The quantitative estimate of drug-likeness (QED) is 0.779. The molecule has 0 bridgehead atoms. The number of hydrogen-bond acceptors (Lipinski definition) is 3. The number of carbonyl (C=O) groups is 1. The van der Waals surface area contributed by atoms with E-state index < -0.39 is 0 Å². The molecule has 4 heteroatoms. The minimum Gasteiger partial charge on any atom is -0.377 e.